The Morgan fingerprint density at radius 2 is 1.85 bits per heavy atom. The van der Waals surface area contributed by atoms with Crippen LogP contribution in [0.4, 0.5) is 5.69 Å². The number of hydrogen-bond donors (Lipinski definition) is 0. The van der Waals surface area contributed by atoms with Gasteiger partial charge in [-0.25, -0.2) is 0 Å². The molecule has 4 rings (SSSR count). The van der Waals surface area contributed by atoms with Crippen LogP contribution in [0.5, 0.6) is 5.75 Å². The van der Waals surface area contributed by atoms with E-state index in [1.807, 2.05) is 42.5 Å². The van der Waals surface area contributed by atoms with Crippen LogP contribution in [-0.2, 0) is 6.54 Å². The van der Waals surface area contributed by atoms with Crippen molar-refractivity contribution in [3.63, 3.8) is 0 Å². The lowest BCUT2D eigenvalue weighted by Gasteiger charge is -2.35. The van der Waals surface area contributed by atoms with E-state index in [-0.39, 0.29) is 0 Å². The van der Waals surface area contributed by atoms with Crippen molar-refractivity contribution >= 4 is 17.3 Å². The molecular formula is C20H21ClN4O2. The first-order chi connectivity index (χ1) is 13.2. The van der Waals surface area contributed by atoms with Crippen LogP contribution in [0.1, 0.15) is 5.89 Å². The van der Waals surface area contributed by atoms with Gasteiger partial charge in [-0.05, 0) is 42.5 Å². The normalized spacial score (nSPS) is 15.1. The molecule has 7 heteroatoms. The van der Waals surface area contributed by atoms with Crippen LogP contribution < -0.4 is 9.64 Å². The fraction of sp³-hybridized carbons (Fsp3) is 0.300. The number of hydrogen-bond acceptors (Lipinski definition) is 6. The summed E-state index contributed by atoms with van der Waals surface area (Å²) >= 11 is 6.10. The zero-order valence-electron chi connectivity index (χ0n) is 15.1. The molecule has 6 nitrogen and oxygen atoms in total. The van der Waals surface area contributed by atoms with Gasteiger partial charge in [-0.1, -0.05) is 22.8 Å². The number of benzene rings is 2. The topological polar surface area (TPSA) is 54.6 Å². The van der Waals surface area contributed by atoms with Crippen LogP contribution in [0.2, 0.25) is 5.02 Å². The van der Waals surface area contributed by atoms with Gasteiger partial charge in [0.15, 0.2) is 0 Å². The Balaban J connectivity index is 1.35. The van der Waals surface area contributed by atoms with Crippen molar-refractivity contribution in [1.82, 2.24) is 15.0 Å². The zero-order chi connectivity index (χ0) is 18.6. The standard InChI is InChI=1S/C20H21ClN4O2/c1-26-18-7-5-15(6-8-18)20-22-19(27-23-20)14-24-9-11-25(12-10-24)17-4-2-3-16(21)13-17/h2-8,13H,9-12,14H2,1H3. The highest BCUT2D eigenvalue weighted by Crippen LogP contribution is 2.22. The molecule has 140 valence electrons. The molecule has 0 saturated carbocycles. The first-order valence-electron chi connectivity index (χ1n) is 8.91. The molecule has 27 heavy (non-hydrogen) atoms. The molecule has 3 aromatic rings. The molecule has 1 aliphatic heterocycles. The molecule has 1 fully saturated rings. The molecule has 0 atom stereocenters. The van der Waals surface area contributed by atoms with Crippen LogP contribution in [0.25, 0.3) is 11.4 Å². The first kappa shape index (κ1) is 17.8. The minimum atomic E-state index is 0.602. The van der Waals surface area contributed by atoms with Crippen molar-refractivity contribution in [3.05, 3.63) is 59.4 Å². The molecule has 1 saturated heterocycles. The third kappa shape index (κ3) is 4.23. The number of nitrogens with zero attached hydrogens (tertiary/aromatic N) is 4. The Labute approximate surface area is 163 Å². The third-order valence-electron chi connectivity index (χ3n) is 4.72. The summed E-state index contributed by atoms with van der Waals surface area (Å²) in [6, 6.07) is 15.6. The number of piperazine rings is 1. The maximum absolute atomic E-state index is 6.10. The minimum Gasteiger partial charge on any atom is -0.497 e. The summed E-state index contributed by atoms with van der Waals surface area (Å²) in [5, 5.41) is 4.87. The molecule has 0 unspecified atom stereocenters. The summed E-state index contributed by atoms with van der Waals surface area (Å²) in [5.74, 6) is 2.04. The lowest BCUT2D eigenvalue weighted by atomic mass is 10.2. The van der Waals surface area contributed by atoms with Gasteiger partial charge >= 0.3 is 0 Å². The van der Waals surface area contributed by atoms with Gasteiger partial charge < -0.3 is 14.2 Å². The summed E-state index contributed by atoms with van der Waals surface area (Å²) < 4.78 is 10.6. The van der Waals surface area contributed by atoms with Crippen molar-refractivity contribution in [1.29, 1.82) is 0 Å². The van der Waals surface area contributed by atoms with E-state index >= 15 is 0 Å². The van der Waals surface area contributed by atoms with Crippen molar-refractivity contribution in [2.45, 2.75) is 6.54 Å². The van der Waals surface area contributed by atoms with Gasteiger partial charge in [0.25, 0.3) is 0 Å². The number of methoxy groups -OCH3 is 1. The van der Waals surface area contributed by atoms with Crippen LogP contribution in [0.3, 0.4) is 0 Å². The lowest BCUT2D eigenvalue weighted by Crippen LogP contribution is -2.46. The Kier molecular flexibility index (Phi) is 5.27. The maximum atomic E-state index is 6.10. The first-order valence-corrected chi connectivity index (χ1v) is 9.29. The van der Waals surface area contributed by atoms with E-state index in [2.05, 4.69) is 26.0 Å². The van der Waals surface area contributed by atoms with Gasteiger partial charge in [0.05, 0.1) is 13.7 Å². The van der Waals surface area contributed by atoms with Crippen molar-refractivity contribution in [3.8, 4) is 17.1 Å². The Morgan fingerprint density at radius 1 is 1.07 bits per heavy atom. The second kappa shape index (κ2) is 7.98. The molecule has 0 amide bonds. The number of aromatic nitrogens is 2. The van der Waals surface area contributed by atoms with Crippen molar-refractivity contribution in [2.75, 3.05) is 38.2 Å². The predicted molar refractivity (Wildman–Crippen MR) is 105 cm³/mol. The monoisotopic (exact) mass is 384 g/mol. The number of anilines is 1. The average Bonchev–Trinajstić information content (AvgIpc) is 3.17. The quantitative estimate of drug-likeness (QED) is 0.668. The van der Waals surface area contributed by atoms with E-state index in [4.69, 9.17) is 20.9 Å². The lowest BCUT2D eigenvalue weighted by molar-refractivity contribution is 0.215. The van der Waals surface area contributed by atoms with E-state index < -0.39 is 0 Å². The Morgan fingerprint density at radius 3 is 2.56 bits per heavy atom. The average molecular weight is 385 g/mol. The van der Waals surface area contributed by atoms with Gasteiger partial charge in [-0.2, -0.15) is 4.98 Å². The molecule has 0 bridgehead atoms. The highest BCUT2D eigenvalue weighted by molar-refractivity contribution is 6.30. The highest BCUT2D eigenvalue weighted by Gasteiger charge is 2.20. The SMILES string of the molecule is COc1ccc(-c2noc(CN3CCN(c4cccc(Cl)c4)CC3)n2)cc1. The minimum absolute atomic E-state index is 0.602. The van der Waals surface area contributed by atoms with Crippen molar-refractivity contribution in [2.24, 2.45) is 0 Å². The van der Waals surface area contributed by atoms with Crippen LogP contribution >= 0.6 is 11.6 Å². The number of rotatable bonds is 5. The Bertz CT molecular complexity index is 889. The Hall–Kier alpha value is -2.57. The van der Waals surface area contributed by atoms with E-state index in [9.17, 15) is 0 Å². The molecule has 0 spiro atoms. The number of halogens is 1. The molecule has 0 aliphatic carbocycles. The van der Waals surface area contributed by atoms with Crippen LogP contribution in [0.15, 0.2) is 53.1 Å². The van der Waals surface area contributed by atoms with Gasteiger partial charge in [-0.15, -0.1) is 0 Å². The summed E-state index contributed by atoms with van der Waals surface area (Å²) in [5.41, 5.74) is 2.08. The van der Waals surface area contributed by atoms with Gasteiger partial charge in [-0.3, -0.25) is 4.90 Å². The zero-order valence-corrected chi connectivity index (χ0v) is 15.9. The van der Waals surface area contributed by atoms with E-state index in [1.54, 1.807) is 7.11 Å². The summed E-state index contributed by atoms with van der Waals surface area (Å²) in [6.07, 6.45) is 0. The summed E-state index contributed by atoms with van der Waals surface area (Å²) in [6.45, 7) is 4.42. The third-order valence-corrected chi connectivity index (χ3v) is 4.96. The largest absolute Gasteiger partial charge is 0.497 e. The second-order valence-electron chi connectivity index (χ2n) is 6.48. The molecule has 0 N–H and O–H groups in total. The summed E-state index contributed by atoms with van der Waals surface area (Å²) in [7, 11) is 1.65. The highest BCUT2D eigenvalue weighted by atomic mass is 35.5. The van der Waals surface area contributed by atoms with Gasteiger partial charge in [0, 0.05) is 42.5 Å². The molecular weight excluding hydrogens is 364 g/mol. The van der Waals surface area contributed by atoms with E-state index in [0.29, 0.717) is 18.3 Å². The van der Waals surface area contributed by atoms with E-state index in [1.165, 1.54) is 5.69 Å². The van der Waals surface area contributed by atoms with Crippen LogP contribution in [-0.4, -0.2) is 48.3 Å². The molecule has 1 aromatic heterocycles. The molecule has 2 heterocycles. The number of ether oxygens (including phenoxy) is 1. The van der Waals surface area contributed by atoms with Crippen LogP contribution in [0, 0.1) is 0 Å². The summed E-state index contributed by atoms with van der Waals surface area (Å²) in [4.78, 5) is 9.20. The second-order valence-corrected chi connectivity index (χ2v) is 6.92. The van der Waals surface area contributed by atoms with Gasteiger partial charge in [0.1, 0.15) is 5.75 Å². The van der Waals surface area contributed by atoms with Crippen molar-refractivity contribution < 1.29 is 9.26 Å². The maximum Gasteiger partial charge on any atom is 0.241 e. The predicted octanol–water partition coefficient (Wildman–Crippen LogP) is 3.72. The fourth-order valence-corrected chi connectivity index (χ4v) is 3.39. The van der Waals surface area contributed by atoms with E-state index in [0.717, 1.165) is 42.5 Å². The van der Waals surface area contributed by atoms with Gasteiger partial charge in [0.2, 0.25) is 11.7 Å². The molecule has 2 aromatic carbocycles. The smallest absolute Gasteiger partial charge is 0.241 e. The molecule has 0 radical (unpaired) electrons. The molecule has 1 aliphatic rings. The fourth-order valence-electron chi connectivity index (χ4n) is 3.20.